The lowest BCUT2D eigenvalue weighted by Gasteiger charge is -2.27. The lowest BCUT2D eigenvalue weighted by atomic mass is 9.86. The highest BCUT2D eigenvalue weighted by molar-refractivity contribution is 5.24. The average molecular weight is 224 g/mol. The summed E-state index contributed by atoms with van der Waals surface area (Å²) in [6, 6.07) is 6.53. The van der Waals surface area contributed by atoms with Gasteiger partial charge in [-0.05, 0) is 18.9 Å². The predicted octanol–water partition coefficient (Wildman–Crippen LogP) is 4.00. The van der Waals surface area contributed by atoms with Crippen molar-refractivity contribution in [2.45, 2.75) is 51.6 Å². The maximum absolute atomic E-state index is 13.6. The Kier molecular flexibility index (Phi) is 4.94. The van der Waals surface area contributed by atoms with E-state index in [1.54, 1.807) is 18.2 Å². The van der Waals surface area contributed by atoms with Gasteiger partial charge in [-0.15, -0.1) is 0 Å². The molecular formula is C14H21FO. The molecule has 1 nitrogen and oxygen atoms in total. The van der Waals surface area contributed by atoms with Gasteiger partial charge in [-0.1, -0.05) is 51.3 Å². The van der Waals surface area contributed by atoms with Gasteiger partial charge in [-0.25, -0.2) is 4.39 Å². The molecule has 0 aliphatic heterocycles. The molecule has 0 fully saturated rings. The molecule has 1 unspecified atom stereocenters. The van der Waals surface area contributed by atoms with Gasteiger partial charge >= 0.3 is 0 Å². The van der Waals surface area contributed by atoms with Crippen LogP contribution in [0.3, 0.4) is 0 Å². The highest BCUT2D eigenvalue weighted by Crippen LogP contribution is 2.32. The Morgan fingerprint density at radius 2 is 1.88 bits per heavy atom. The van der Waals surface area contributed by atoms with Gasteiger partial charge in [0.1, 0.15) is 5.82 Å². The smallest absolute Gasteiger partial charge is 0.129 e. The summed E-state index contributed by atoms with van der Waals surface area (Å²) in [7, 11) is 0. The quantitative estimate of drug-likeness (QED) is 0.724. The van der Waals surface area contributed by atoms with E-state index >= 15 is 0 Å². The molecule has 1 aromatic carbocycles. The fraction of sp³-hybridized carbons (Fsp3) is 0.571. The van der Waals surface area contributed by atoms with Crippen molar-refractivity contribution in [3.8, 4) is 0 Å². The Morgan fingerprint density at radius 3 is 2.44 bits per heavy atom. The number of unbranched alkanes of at least 4 members (excludes halogenated alkanes) is 2. The van der Waals surface area contributed by atoms with E-state index < -0.39 is 5.60 Å². The van der Waals surface area contributed by atoms with Crippen molar-refractivity contribution < 1.29 is 9.50 Å². The van der Waals surface area contributed by atoms with Crippen LogP contribution in [0.4, 0.5) is 4.39 Å². The van der Waals surface area contributed by atoms with Crippen molar-refractivity contribution in [1.82, 2.24) is 0 Å². The number of rotatable bonds is 6. The van der Waals surface area contributed by atoms with Crippen molar-refractivity contribution in [3.63, 3.8) is 0 Å². The SMILES string of the molecule is CCCCCC(O)(CC)c1ccccc1F. The molecule has 1 aromatic rings. The molecule has 0 amide bonds. The molecule has 90 valence electrons. The first-order chi connectivity index (χ1) is 7.64. The van der Waals surface area contributed by atoms with Crippen LogP contribution >= 0.6 is 0 Å². The minimum Gasteiger partial charge on any atom is -0.385 e. The maximum Gasteiger partial charge on any atom is 0.129 e. The largest absolute Gasteiger partial charge is 0.385 e. The number of hydrogen-bond acceptors (Lipinski definition) is 1. The third-order valence-corrected chi connectivity index (χ3v) is 3.15. The Morgan fingerprint density at radius 1 is 1.19 bits per heavy atom. The van der Waals surface area contributed by atoms with Gasteiger partial charge in [0.2, 0.25) is 0 Å². The summed E-state index contributed by atoms with van der Waals surface area (Å²) < 4.78 is 13.6. The van der Waals surface area contributed by atoms with Gasteiger partial charge in [0.15, 0.2) is 0 Å². The summed E-state index contributed by atoms with van der Waals surface area (Å²) in [5, 5.41) is 10.5. The van der Waals surface area contributed by atoms with E-state index in [0.717, 1.165) is 19.3 Å². The van der Waals surface area contributed by atoms with Crippen LogP contribution in [-0.4, -0.2) is 5.11 Å². The molecule has 1 atom stereocenters. The van der Waals surface area contributed by atoms with Gasteiger partial charge in [0, 0.05) is 5.56 Å². The van der Waals surface area contributed by atoms with Crippen molar-refractivity contribution in [2.75, 3.05) is 0 Å². The molecule has 0 aliphatic rings. The van der Waals surface area contributed by atoms with Crippen molar-refractivity contribution in [3.05, 3.63) is 35.6 Å². The van der Waals surface area contributed by atoms with Gasteiger partial charge in [0.25, 0.3) is 0 Å². The van der Waals surface area contributed by atoms with Gasteiger partial charge in [0.05, 0.1) is 5.60 Å². The van der Waals surface area contributed by atoms with E-state index in [9.17, 15) is 9.50 Å². The first-order valence-electron chi connectivity index (χ1n) is 6.11. The Balaban J connectivity index is 2.83. The molecule has 16 heavy (non-hydrogen) atoms. The summed E-state index contributed by atoms with van der Waals surface area (Å²) in [5.74, 6) is -0.302. The molecular weight excluding hydrogens is 203 g/mol. The van der Waals surface area contributed by atoms with E-state index in [2.05, 4.69) is 6.92 Å². The molecule has 0 bridgehead atoms. The predicted molar refractivity (Wildman–Crippen MR) is 64.7 cm³/mol. The van der Waals surface area contributed by atoms with Crippen molar-refractivity contribution in [2.24, 2.45) is 0 Å². The molecule has 0 heterocycles. The second-order valence-corrected chi connectivity index (χ2v) is 4.32. The zero-order valence-corrected chi connectivity index (χ0v) is 10.2. The third-order valence-electron chi connectivity index (χ3n) is 3.15. The van der Waals surface area contributed by atoms with E-state index in [1.165, 1.54) is 6.07 Å². The molecule has 0 aliphatic carbocycles. The molecule has 0 spiro atoms. The summed E-state index contributed by atoms with van der Waals surface area (Å²) in [4.78, 5) is 0. The van der Waals surface area contributed by atoms with Crippen LogP contribution in [-0.2, 0) is 5.60 Å². The average Bonchev–Trinajstić information content (AvgIpc) is 2.30. The van der Waals surface area contributed by atoms with E-state index in [1.807, 2.05) is 6.92 Å². The fourth-order valence-corrected chi connectivity index (χ4v) is 2.01. The van der Waals surface area contributed by atoms with E-state index in [4.69, 9.17) is 0 Å². The van der Waals surface area contributed by atoms with Gasteiger partial charge in [-0.2, -0.15) is 0 Å². The topological polar surface area (TPSA) is 20.2 Å². The number of halogens is 1. The summed E-state index contributed by atoms with van der Waals surface area (Å²) in [5.41, 5.74) is -0.561. The molecule has 1 N–H and O–H groups in total. The first-order valence-corrected chi connectivity index (χ1v) is 6.11. The van der Waals surface area contributed by atoms with Crippen LogP contribution < -0.4 is 0 Å². The van der Waals surface area contributed by atoms with Crippen LogP contribution in [0.5, 0.6) is 0 Å². The van der Waals surface area contributed by atoms with E-state index in [0.29, 0.717) is 18.4 Å². The minimum absolute atomic E-state index is 0.302. The number of hydrogen-bond donors (Lipinski definition) is 1. The second-order valence-electron chi connectivity index (χ2n) is 4.32. The fourth-order valence-electron chi connectivity index (χ4n) is 2.01. The summed E-state index contributed by atoms with van der Waals surface area (Å²) >= 11 is 0. The summed E-state index contributed by atoms with van der Waals surface area (Å²) in [6.07, 6.45) is 4.32. The first kappa shape index (κ1) is 13.2. The van der Waals surface area contributed by atoms with Gasteiger partial charge in [-0.3, -0.25) is 0 Å². The molecule has 0 aromatic heterocycles. The highest BCUT2D eigenvalue weighted by Gasteiger charge is 2.28. The third kappa shape index (κ3) is 3.05. The van der Waals surface area contributed by atoms with Crippen LogP contribution in [0.15, 0.2) is 24.3 Å². The molecule has 2 heteroatoms. The van der Waals surface area contributed by atoms with Crippen LogP contribution in [0, 0.1) is 5.82 Å². The zero-order chi connectivity index (χ0) is 12.0. The normalized spacial score (nSPS) is 14.8. The van der Waals surface area contributed by atoms with Crippen molar-refractivity contribution >= 4 is 0 Å². The lowest BCUT2D eigenvalue weighted by molar-refractivity contribution is 0.0174. The number of aliphatic hydroxyl groups is 1. The Hall–Kier alpha value is -0.890. The monoisotopic (exact) mass is 224 g/mol. The standard InChI is InChI=1S/C14H21FO/c1-3-5-8-11-14(16,4-2)12-9-6-7-10-13(12)15/h6-7,9-10,16H,3-5,8,11H2,1-2H3. The number of benzene rings is 1. The molecule has 0 radical (unpaired) electrons. The van der Waals surface area contributed by atoms with Crippen LogP contribution in [0.2, 0.25) is 0 Å². The zero-order valence-electron chi connectivity index (χ0n) is 10.2. The molecule has 0 saturated heterocycles. The Bertz CT molecular complexity index is 324. The van der Waals surface area contributed by atoms with Crippen LogP contribution in [0.1, 0.15) is 51.5 Å². The second kappa shape index (κ2) is 6.00. The molecule has 1 rings (SSSR count). The van der Waals surface area contributed by atoms with Crippen molar-refractivity contribution in [1.29, 1.82) is 0 Å². The minimum atomic E-state index is -0.999. The van der Waals surface area contributed by atoms with Crippen LogP contribution in [0.25, 0.3) is 0 Å². The lowest BCUT2D eigenvalue weighted by Crippen LogP contribution is -2.26. The summed E-state index contributed by atoms with van der Waals surface area (Å²) in [6.45, 7) is 4.02. The van der Waals surface area contributed by atoms with Gasteiger partial charge < -0.3 is 5.11 Å². The highest BCUT2D eigenvalue weighted by atomic mass is 19.1. The van der Waals surface area contributed by atoms with E-state index in [-0.39, 0.29) is 5.82 Å². The molecule has 0 saturated carbocycles. The maximum atomic E-state index is 13.6. The Labute approximate surface area is 97.3 Å².